The summed E-state index contributed by atoms with van der Waals surface area (Å²) in [5.74, 6) is -0.701. The molecule has 0 aliphatic heterocycles. The van der Waals surface area contributed by atoms with Crippen molar-refractivity contribution in [3.05, 3.63) is 101 Å². The molecule has 0 spiro atoms. The van der Waals surface area contributed by atoms with E-state index in [1.54, 1.807) is 24.3 Å². The van der Waals surface area contributed by atoms with Crippen LogP contribution in [-0.2, 0) is 28.7 Å². The first-order valence-corrected chi connectivity index (χ1v) is 10.1. The SMILES string of the molecule is COC(=O)[C@@H](Cc1ccc(OCc2ccccc2)cc1)NC(=O)c1ccc(C(F)(F)F)cc1. The van der Waals surface area contributed by atoms with Gasteiger partial charge in [0.05, 0.1) is 12.7 Å². The molecule has 8 heteroatoms. The fourth-order valence-corrected chi connectivity index (χ4v) is 3.09. The summed E-state index contributed by atoms with van der Waals surface area (Å²) in [4.78, 5) is 24.7. The van der Waals surface area contributed by atoms with Gasteiger partial charge in [0.15, 0.2) is 0 Å². The molecule has 0 aliphatic rings. The van der Waals surface area contributed by atoms with E-state index in [9.17, 15) is 22.8 Å². The van der Waals surface area contributed by atoms with Gasteiger partial charge in [-0.2, -0.15) is 13.2 Å². The second-order valence-corrected chi connectivity index (χ2v) is 7.25. The molecule has 1 amide bonds. The summed E-state index contributed by atoms with van der Waals surface area (Å²) in [5.41, 5.74) is 0.906. The van der Waals surface area contributed by atoms with E-state index in [4.69, 9.17) is 9.47 Å². The molecule has 0 heterocycles. The number of amides is 1. The van der Waals surface area contributed by atoms with E-state index >= 15 is 0 Å². The average molecular weight is 457 g/mol. The number of methoxy groups -OCH3 is 1. The van der Waals surface area contributed by atoms with Crippen LogP contribution in [0.2, 0.25) is 0 Å². The first-order valence-electron chi connectivity index (χ1n) is 10.1. The maximum Gasteiger partial charge on any atom is 0.416 e. The van der Waals surface area contributed by atoms with Crippen LogP contribution in [0.15, 0.2) is 78.9 Å². The van der Waals surface area contributed by atoms with Crippen molar-refractivity contribution in [2.45, 2.75) is 25.2 Å². The van der Waals surface area contributed by atoms with E-state index in [0.29, 0.717) is 12.4 Å². The molecular formula is C25H22F3NO4. The molecule has 1 atom stereocenters. The highest BCUT2D eigenvalue weighted by Crippen LogP contribution is 2.29. The number of ether oxygens (including phenoxy) is 2. The van der Waals surface area contributed by atoms with Gasteiger partial charge in [0.25, 0.3) is 5.91 Å². The number of esters is 1. The largest absolute Gasteiger partial charge is 0.489 e. The van der Waals surface area contributed by atoms with Gasteiger partial charge < -0.3 is 14.8 Å². The van der Waals surface area contributed by atoms with Crippen LogP contribution in [0.1, 0.15) is 27.0 Å². The van der Waals surface area contributed by atoms with E-state index in [0.717, 1.165) is 35.4 Å². The molecule has 0 saturated carbocycles. The number of halogens is 3. The minimum atomic E-state index is -4.50. The van der Waals surface area contributed by atoms with Crippen molar-refractivity contribution in [2.75, 3.05) is 7.11 Å². The monoisotopic (exact) mass is 457 g/mol. The van der Waals surface area contributed by atoms with Crippen molar-refractivity contribution >= 4 is 11.9 Å². The van der Waals surface area contributed by atoms with Gasteiger partial charge in [0.1, 0.15) is 18.4 Å². The van der Waals surface area contributed by atoms with Crippen molar-refractivity contribution < 1.29 is 32.2 Å². The summed E-state index contributed by atoms with van der Waals surface area (Å²) in [7, 11) is 1.19. The Balaban J connectivity index is 1.63. The number of carbonyl (C=O) groups is 2. The molecule has 1 N–H and O–H groups in total. The first-order chi connectivity index (χ1) is 15.8. The Bertz CT molecular complexity index is 1070. The average Bonchev–Trinajstić information content (AvgIpc) is 2.82. The lowest BCUT2D eigenvalue weighted by molar-refractivity contribution is -0.142. The van der Waals surface area contributed by atoms with E-state index < -0.39 is 29.7 Å². The Morgan fingerprint density at radius 1 is 0.879 bits per heavy atom. The minimum Gasteiger partial charge on any atom is -0.489 e. The highest BCUT2D eigenvalue weighted by atomic mass is 19.4. The van der Waals surface area contributed by atoms with Crippen molar-refractivity contribution in [3.63, 3.8) is 0 Å². The zero-order valence-corrected chi connectivity index (χ0v) is 17.8. The van der Waals surface area contributed by atoms with Gasteiger partial charge in [-0.05, 0) is 47.5 Å². The summed E-state index contributed by atoms with van der Waals surface area (Å²) in [6, 6.07) is 19.5. The Hall–Kier alpha value is -3.81. The van der Waals surface area contributed by atoms with Crippen LogP contribution in [0.4, 0.5) is 13.2 Å². The number of nitrogens with one attached hydrogen (secondary N) is 1. The highest BCUT2D eigenvalue weighted by molar-refractivity contribution is 5.96. The van der Waals surface area contributed by atoms with E-state index in [2.05, 4.69) is 5.32 Å². The van der Waals surface area contributed by atoms with Gasteiger partial charge in [-0.15, -0.1) is 0 Å². The predicted octanol–water partition coefficient (Wildman–Crippen LogP) is 4.80. The zero-order chi connectivity index (χ0) is 23.8. The van der Waals surface area contributed by atoms with Crippen LogP contribution in [0.25, 0.3) is 0 Å². The fraction of sp³-hybridized carbons (Fsp3) is 0.200. The number of alkyl halides is 3. The number of carbonyl (C=O) groups excluding carboxylic acids is 2. The highest BCUT2D eigenvalue weighted by Gasteiger charge is 2.30. The molecule has 0 radical (unpaired) electrons. The van der Waals surface area contributed by atoms with E-state index in [-0.39, 0.29) is 12.0 Å². The third kappa shape index (κ3) is 6.83. The number of rotatable bonds is 8. The Morgan fingerprint density at radius 2 is 1.52 bits per heavy atom. The number of benzene rings is 3. The second-order valence-electron chi connectivity index (χ2n) is 7.25. The molecule has 0 bridgehead atoms. The Morgan fingerprint density at radius 3 is 2.09 bits per heavy atom. The number of hydrogen-bond donors (Lipinski definition) is 1. The maximum atomic E-state index is 12.7. The molecule has 33 heavy (non-hydrogen) atoms. The lowest BCUT2D eigenvalue weighted by Gasteiger charge is -2.17. The van der Waals surface area contributed by atoms with Crippen molar-refractivity contribution in [1.82, 2.24) is 5.32 Å². The summed E-state index contributed by atoms with van der Waals surface area (Å²) >= 11 is 0. The molecule has 0 aliphatic carbocycles. The molecule has 5 nitrogen and oxygen atoms in total. The van der Waals surface area contributed by atoms with Gasteiger partial charge in [0.2, 0.25) is 0 Å². The summed E-state index contributed by atoms with van der Waals surface area (Å²) in [6.45, 7) is 0.411. The van der Waals surface area contributed by atoms with E-state index in [1.807, 2.05) is 30.3 Å². The van der Waals surface area contributed by atoms with Crippen LogP contribution in [0.5, 0.6) is 5.75 Å². The molecule has 3 aromatic rings. The van der Waals surface area contributed by atoms with Crippen LogP contribution < -0.4 is 10.1 Å². The minimum absolute atomic E-state index is 0.00145. The Kier molecular flexibility index (Phi) is 7.71. The topological polar surface area (TPSA) is 64.6 Å². The molecule has 172 valence electrons. The molecule has 0 unspecified atom stereocenters. The summed E-state index contributed by atoms with van der Waals surface area (Å²) in [5, 5.41) is 2.53. The van der Waals surface area contributed by atoms with E-state index in [1.165, 1.54) is 7.11 Å². The van der Waals surface area contributed by atoms with Crippen molar-refractivity contribution in [3.8, 4) is 5.75 Å². The van der Waals surface area contributed by atoms with Gasteiger partial charge in [0, 0.05) is 12.0 Å². The smallest absolute Gasteiger partial charge is 0.416 e. The predicted molar refractivity (Wildman–Crippen MR) is 116 cm³/mol. The van der Waals surface area contributed by atoms with Crippen LogP contribution in [0, 0.1) is 0 Å². The van der Waals surface area contributed by atoms with Crippen LogP contribution in [-0.4, -0.2) is 25.0 Å². The van der Waals surface area contributed by atoms with Crippen LogP contribution >= 0.6 is 0 Å². The van der Waals surface area contributed by atoms with Crippen molar-refractivity contribution in [1.29, 1.82) is 0 Å². The summed E-state index contributed by atoms with van der Waals surface area (Å²) < 4.78 is 48.7. The van der Waals surface area contributed by atoms with Gasteiger partial charge in [-0.25, -0.2) is 4.79 Å². The number of hydrogen-bond acceptors (Lipinski definition) is 4. The van der Waals surface area contributed by atoms with Crippen molar-refractivity contribution in [2.24, 2.45) is 0 Å². The lowest BCUT2D eigenvalue weighted by Crippen LogP contribution is -2.43. The molecule has 0 fully saturated rings. The fourth-order valence-electron chi connectivity index (χ4n) is 3.09. The zero-order valence-electron chi connectivity index (χ0n) is 17.8. The third-order valence-corrected chi connectivity index (χ3v) is 4.88. The standard InChI is InChI=1S/C25H22F3NO4/c1-32-24(31)22(29-23(30)19-9-11-20(12-10-19)25(26,27)28)15-17-7-13-21(14-8-17)33-16-18-5-3-2-4-6-18/h2-14,22H,15-16H2,1H3,(H,29,30)/t22-/m1/s1. The third-order valence-electron chi connectivity index (χ3n) is 4.88. The van der Waals surface area contributed by atoms with Gasteiger partial charge in [-0.3, -0.25) is 4.79 Å². The first kappa shape index (κ1) is 23.8. The lowest BCUT2D eigenvalue weighted by atomic mass is 10.0. The molecular weight excluding hydrogens is 435 g/mol. The summed E-state index contributed by atoms with van der Waals surface area (Å²) in [6.07, 6.45) is -4.36. The maximum absolute atomic E-state index is 12.7. The molecule has 0 aromatic heterocycles. The van der Waals surface area contributed by atoms with Gasteiger partial charge in [-0.1, -0.05) is 42.5 Å². The van der Waals surface area contributed by atoms with Crippen LogP contribution in [0.3, 0.4) is 0 Å². The van der Waals surface area contributed by atoms with Gasteiger partial charge >= 0.3 is 12.1 Å². The second kappa shape index (κ2) is 10.7. The Labute approximate surface area is 189 Å². The normalized spacial score (nSPS) is 12.0. The molecule has 3 rings (SSSR count). The molecule has 3 aromatic carbocycles. The molecule has 0 saturated heterocycles. The quantitative estimate of drug-likeness (QED) is 0.494.